The number of hydrogen-bond donors (Lipinski definition) is 2. The van der Waals surface area contributed by atoms with Crippen LogP contribution in [0.25, 0.3) is 0 Å². The molecule has 1 unspecified atom stereocenters. The number of amides is 2. The van der Waals surface area contributed by atoms with Crippen molar-refractivity contribution in [3.05, 3.63) is 53.1 Å². The van der Waals surface area contributed by atoms with Gasteiger partial charge in [0, 0.05) is 35.9 Å². The molecule has 0 radical (unpaired) electrons. The number of rotatable bonds is 6. The first kappa shape index (κ1) is 24.2. The molecule has 0 aromatic heterocycles. The molecule has 172 valence electrons. The Morgan fingerprint density at radius 1 is 1.09 bits per heavy atom. The van der Waals surface area contributed by atoms with Crippen molar-refractivity contribution in [3.63, 3.8) is 0 Å². The minimum Gasteiger partial charge on any atom is -0.326 e. The molecule has 7 nitrogen and oxygen atoms in total. The summed E-state index contributed by atoms with van der Waals surface area (Å²) < 4.78 is 27.8. The first-order chi connectivity index (χ1) is 15.1. The van der Waals surface area contributed by atoms with E-state index in [0.717, 1.165) is 12.8 Å². The third-order valence-electron chi connectivity index (χ3n) is 5.34. The molecular weight excluding hydrogens is 450 g/mol. The lowest BCUT2D eigenvalue weighted by Gasteiger charge is -2.30. The molecule has 2 aromatic rings. The molecule has 1 heterocycles. The van der Waals surface area contributed by atoms with Crippen molar-refractivity contribution < 1.29 is 18.0 Å². The van der Waals surface area contributed by atoms with Gasteiger partial charge in [0.05, 0.1) is 5.02 Å². The molecule has 0 bridgehead atoms. The fourth-order valence-electron chi connectivity index (χ4n) is 3.51. The second-order valence-electron chi connectivity index (χ2n) is 8.43. The van der Waals surface area contributed by atoms with Gasteiger partial charge in [-0.1, -0.05) is 38.4 Å². The fourth-order valence-corrected chi connectivity index (χ4v) is 5.61. The molecule has 1 fully saturated rings. The molecule has 2 aromatic carbocycles. The zero-order valence-corrected chi connectivity index (χ0v) is 20.0. The van der Waals surface area contributed by atoms with Crippen LogP contribution in [0.4, 0.5) is 11.4 Å². The van der Waals surface area contributed by atoms with Gasteiger partial charge in [0.2, 0.25) is 15.9 Å². The standard InChI is InChI=1S/C23H28ClN3O4S/c1-15(2)22(28)25-18-7-4-8-19(13-18)26-23(29)17-9-10-20(24)21(12-17)32(30,31)27-11-5-6-16(3)14-27/h4,7-10,12-13,15-16H,5-6,11,14H2,1-3H3,(H,25,28)(H,26,29). The highest BCUT2D eigenvalue weighted by atomic mass is 35.5. The van der Waals surface area contributed by atoms with Crippen LogP contribution in [-0.4, -0.2) is 37.6 Å². The highest BCUT2D eigenvalue weighted by molar-refractivity contribution is 7.89. The number of halogens is 1. The Hall–Kier alpha value is -2.42. The summed E-state index contributed by atoms with van der Waals surface area (Å²) in [6.07, 6.45) is 1.78. The number of carbonyl (C=O) groups excluding carboxylic acids is 2. The predicted octanol–water partition coefficient (Wildman–Crippen LogP) is 4.61. The van der Waals surface area contributed by atoms with E-state index in [-0.39, 0.29) is 33.2 Å². The van der Waals surface area contributed by atoms with Crippen LogP contribution in [0.15, 0.2) is 47.4 Å². The lowest BCUT2D eigenvalue weighted by molar-refractivity contribution is -0.118. The summed E-state index contributed by atoms with van der Waals surface area (Å²) in [5.74, 6) is -0.511. The normalized spacial score (nSPS) is 17.2. The lowest BCUT2D eigenvalue weighted by atomic mass is 10.0. The van der Waals surface area contributed by atoms with Crippen LogP contribution < -0.4 is 10.6 Å². The maximum Gasteiger partial charge on any atom is 0.255 e. The van der Waals surface area contributed by atoms with Crippen LogP contribution in [-0.2, 0) is 14.8 Å². The Morgan fingerprint density at radius 2 is 1.78 bits per heavy atom. The van der Waals surface area contributed by atoms with Gasteiger partial charge in [-0.05, 0) is 55.2 Å². The summed E-state index contributed by atoms with van der Waals surface area (Å²) in [6.45, 7) is 6.47. The van der Waals surface area contributed by atoms with E-state index in [0.29, 0.717) is 24.5 Å². The van der Waals surface area contributed by atoms with Crippen LogP contribution >= 0.6 is 11.6 Å². The Balaban J connectivity index is 1.81. The molecule has 1 aliphatic rings. The lowest BCUT2D eigenvalue weighted by Crippen LogP contribution is -2.39. The average Bonchev–Trinajstić information content (AvgIpc) is 2.74. The number of hydrogen-bond acceptors (Lipinski definition) is 4. The third-order valence-corrected chi connectivity index (χ3v) is 7.69. The van der Waals surface area contributed by atoms with Gasteiger partial charge in [0.25, 0.3) is 5.91 Å². The molecule has 0 spiro atoms. The van der Waals surface area contributed by atoms with Crippen LogP contribution in [0, 0.1) is 11.8 Å². The minimum atomic E-state index is -3.81. The summed E-state index contributed by atoms with van der Waals surface area (Å²) in [5.41, 5.74) is 1.20. The molecule has 0 saturated carbocycles. The summed E-state index contributed by atoms with van der Waals surface area (Å²) >= 11 is 6.22. The minimum absolute atomic E-state index is 0.0705. The first-order valence-corrected chi connectivity index (χ1v) is 12.4. The molecule has 3 rings (SSSR count). The van der Waals surface area contributed by atoms with Crippen LogP contribution in [0.3, 0.4) is 0 Å². The Bertz CT molecular complexity index is 1120. The number of nitrogens with one attached hydrogen (secondary N) is 2. The number of anilines is 2. The molecule has 1 saturated heterocycles. The SMILES string of the molecule is CC1CCCN(S(=O)(=O)c2cc(C(=O)Nc3cccc(NC(=O)C(C)C)c3)ccc2Cl)C1. The predicted molar refractivity (Wildman–Crippen MR) is 126 cm³/mol. The quantitative estimate of drug-likeness (QED) is 0.635. The molecule has 0 aliphatic carbocycles. The third kappa shape index (κ3) is 5.68. The molecule has 2 amide bonds. The van der Waals surface area contributed by atoms with Crippen molar-refractivity contribution in [2.45, 2.75) is 38.5 Å². The van der Waals surface area contributed by atoms with Crippen molar-refractivity contribution in [1.29, 1.82) is 0 Å². The van der Waals surface area contributed by atoms with Crippen molar-refractivity contribution in [2.75, 3.05) is 23.7 Å². The Kier molecular flexibility index (Phi) is 7.59. The largest absolute Gasteiger partial charge is 0.326 e. The zero-order valence-electron chi connectivity index (χ0n) is 18.4. The fraction of sp³-hybridized carbons (Fsp3) is 0.391. The number of carbonyl (C=O) groups is 2. The van der Waals surface area contributed by atoms with E-state index in [1.54, 1.807) is 38.1 Å². The van der Waals surface area contributed by atoms with Gasteiger partial charge < -0.3 is 10.6 Å². The summed E-state index contributed by atoms with van der Waals surface area (Å²) in [6, 6.07) is 11.0. The highest BCUT2D eigenvalue weighted by Gasteiger charge is 2.31. The first-order valence-electron chi connectivity index (χ1n) is 10.6. The second-order valence-corrected chi connectivity index (χ2v) is 10.7. The molecule has 32 heavy (non-hydrogen) atoms. The van der Waals surface area contributed by atoms with Crippen LogP contribution in [0.2, 0.25) is 5.02 Å². The number of piperidine rings is 1. The monoisotopic (exact) mass is 477 g/mol. The van der Waals surface area contributed by atoms with E-state index in [2.05, 4.69) is 10.6 Å². The smallest absolute Gasteiger partial charge is 0.255 e. The second kappa shape index (κ2) is 10.0. The van der Waals surface area contributed by atoms with Crippen molar-refractivity contribution in [2.24, 2.45) is 11.8 Å². The van der Waals surface area contributed by atoms with Gasteiger partial charge in [0.1, 0.15) is 4.90 Å². The van der Waals surface area contributed by atoms with Gasteiger partial charge in [-0.2, -0.15) is 4.31 Å². The van der Waals surface area contributed by atoms with E-state index in [9.17, 15) is 18.0 Å². The number of sulfonamides is 1. The molecule has 2 N–H and O–H groups in total. The van der Waals surface area contributed by atoms with Gasteiger partial charge >= 0.3 is 0 Å². The van der Waals surface area contributed by atoms with E-state index in [1.165, 1.54) is 22.5 Å². The van der Waals surface area contributed by atoms with Crippen LogP contribution in [0.5, 0.6) is 0 Å². The number of nitrogens with zero attached hydrogens (tertiary/aromatic N) is 1. The number of benzene rings is 2. The topological polar surface area (TPSA) is 95.6 Å². The zero-order chi connectivity index (χ0) is 23.5. The Morgan fingerprint density at radius 3 is 2.44 bits per heavy atom. The Labute approximate surface area is 194 Å². The molecule has 1 atom stereocenters. The summed E-state index contributed by atoms with van der Waals surface area (Å²) in [7, 11) is -3.81. The van der Waals surface area contributed by atoms with Gasteiger partial charge in [-0.15, -0.1) is 0 Å². The highest BCUT2D eigenvalue weighted by Crippen LogP contribution is 2.29. The van der Waals surface area contributed by atoms with E-state index in [1.807, 2.05) is 6.92 Å². The van der Waals surface area contributed by atoms with Gasteiger partial charge in [-0.3, -0.25) is 9.59 Å². The molecule has 9 heteroatoms. The van der Waals surface area contributed by atoms with Crippen molar-refractivity contribution in [1.82, 2.24) is 4.31 Å². The average molecular weight is 478 g/mol. The van der Waals surface area contributed by atoms with Crippen molar-refractivity contribution in [3.8, 4) is 0 Å². The maximum absolute atomic E-state index is 13.2. The van der Waals surface area contributed by atoms with Gasteiger partial charge in [0.15, 0.2) is 0 Å². The maximum atomic E-state index is 13.2. The van der Waals surface area contributed by atoms with Crippen LogP contribution in [0.1, 0.15) is 44.0 Å². The molecular formula is C23H28ClN3O4S. The molecule has 1 aliphatic heterocycles. The van der Waals surface area contributed by atoms with E-state index in [4.69, 9.17) is 11.6 Å². The van der Waals surface area contributed by atoms with Gasteiger partial charge in [-0.25, -0.2) is 8.42 Å². The van der Waals surface area contributed by atoms with Crippen molar-refractivity contribution >= 4 is 44.8 Å². The van der Waals surface area contributed by atoms with E-state index < -0.39 is 15.9 Å². The summed E-state index contributed by atoms with van der Waals surface area (Å²) in [5, 5.41) is 5.60. The van der Waals surface area contributed by atoms with E-state index >= 15 is 0 Å². The summed E-state index contributed by atoms with van der Waals surface area (Å²) in [4.78, 5) is 24.7.